The van der Waals surface area contributed by atoms with Crippen molar-refractivity contribution in [3.05, 3.63) is 59.4 Å². The minimum Gasteiger partial charge on any atom is -0.349 e. The third kappa shape index (κ3) is 2.35. The predicted octanol–water partition coefficient (Wildman–Crippen LogP) is 1.26. The monoisotopic (exact) mass is 268 g/mol. The fraction of sp³-hybridized carbons (Fsp3) is 0.200. The summed E-state index contributed by atoms with van der Waals surface area (Å²) in [5.41, 5.74) is 6.16. The first-order valence-corrected chi connectivity index (χ1v) is 6.56. The molecular formula is C15H16N4O. The zero-order valence-electron chi connectivity index (χ0n) is 11.0. The van der Waals surface area contributed by atoms with Crippen LogP contribution in [0.4, 0.5) is 5.69 Å². The summed E-state index contributed by atoms with van der Waals surface area (Å²) in [6, 6.07) is 10.1. The number of rotatable bonds is 3. The van der Waals surface area contributed by atoms with Gasteiger partial charge in [-0.25, -0.2) is 0 Å². The molecule has 0 saturated carbocycles. The molecule has 1 aliphatic carbocycles. The summed E-state index contributed by atoms with van der Waals surface area (Å²) >= 11 is 0. The largest absolute Gasteiger partial charge is 0.349 e. The third-order valence-corrected chi connectivity index (χ3v) is 3.61. The van der Waals surface area contributed by atoms with Crippen molar-refractivity contribution >= 4 is 11.6 Å². The van der Waals surface area contributed by atoms with Crippen molar-refractivity contribution < 1.29 is 4.79 Å². The molecule has 1 amide bonds. The van der Waals surface area contributed by atoms with Crippen LogP contribution in [0.5, 0.6) is 0 Å². The summed E-state index contributed by atoms with van der Waals surface area (Å²) in [5.74, 6) is 5.27. The van der Waals surface area contributed by atoms with Crippen molar-refractivity contribution in [1.82, 2.24) is 10.3 Å². The Hall–Kier alpha value is -2.40. The molecule has 5 nitrogen and oxygen atoms in total. The van der Waals surface area contributed by atoms with Gasteiger partial charge in [0.2, 0.25) is 0 Å². The van der Waals surface area contributed by atoms with Crippen LogP contribution >= 0.6 is 0 Å². The summed E-state index contributed by atoms with van der Waals surface area (Å²) in [7, 11) is 0. The molecule has 0 bridgehead atoms. The van der Waals surface area contributed by atoms with E-state index in [1.54, 1.807) is 12.3 Å². The first kappa shape index (κ1) is 12.6. The molecule has 1 heterocycles. The number of nitrogens with one attached hydrogen (secondary N) is 2. The van der Waals surface area contributed by atoms with Gasteiger partial charge in [0, 0.05) is 12.2 Å². The number of hydrogen-bond donors (Lipinski definition) is 3. The molecule has 0 unspecified atom stereocenters. The molecular weight excluding hydrogens is 252 g/mol. The van der Waals surface area contributed by atoms with Gasteiger partial charge in [-0.15, -0.1) is 0 Å². The molecule has 0 saturated heterocycles. The van der Waals surface area contributed by atoms with E-state index in [9.17, 15) is 4.79 Å². The Morgan fingerprint density at radius 3 is 2.55 bits per heavy atom. The quantitative estimate of drug-likeness (QED) is 0.578. The Morgan fingerprint density at radius 1 is 1.20 bits per heavy atom. The lowest BCUT2D eigenvalue weighted by molar-refractivity contribution is 0.0939. The summed E-state index contributed by atoms with van der Waals surface area (Å²) in [5, 5.41) is 3.05. The van der Waals surface area contributed by atoms with Crippen LogP contribution in [0.15, 0.2) is 42.7 Å². The molecule has 20 heavy (non-hydrogen) atoms. The molecule has 0 fully saturated rings. The number of pyridine rings is 1. The number of fused-ring (bicyclic) bond motifs is 1. The van der Waals surface area contributed by atoms with Crippen molar-refractivity contribution in [3.8, 4) is 0 Å². The normalized spacial score (nSPS) is 13.8. The van der Waals surface area contributed by atoms with E-state index in [4.69, 9.17) is 5.84 Å². The van der Waals surface area contributed by atoms with E-state index in [1.807, 2.05) is 12.1 Å². The van der Waals surface area contributed by atoms with E-state index in [0.717, 1.165) is 12.8 Å². The van der Waals surface area contributed by atoms with E-state index in [1.165, 1.54) is 17.3 Å². The minimum atomic E-state index is -0.127. The number of aromatic nitrogens is 1. The molecule has 0 aliphatic heterocycles. The number of carbonyl (C=O) groups is 1. The van der Waals surface area contributed by atoms with E-state index in [-0.39, 0.29) is 11.9 Å². The standard InChI is InChI=1S/C15H16N4O/c16-19-14-9-17-6-5-13(14)15(20)18-12-7-10-3-1-2-4-11(10)8-12/h1-6,9,12,19H,7-8,16H2,(H,18,20). The van der Waals surface area contributed by atoms with Crippen LogP contribution in [0, 0.1) is 0 Å². The number of anilines is 1. The van der Waals surface area contributed by atoms with E-state index >= 15 is 0 Å². The SMILES string of the molecule is NNc1cnccc1C(=O)NC1Cc2ccccc2C1. The Balaban J connectivity index is 1.72. The van der Waals surface area contributed by atoms with Crippen molar-refractivity contribution in [2.24, 2.45) is 5.84 Å². The topological polar surface area (TPSA) is 80.0 Å². The van der Waals surface area contributed by atoms with Crippen LogP contribution in [-0.2, 0) is 12.8 Å². The fourth-order valence-corrected chi connectivity index (χ4v) is 2.63. The van der Waals surface area contributed by atoms with E-state index in [2.05, 4.69) is 27.9 Å². The molecule has 3 rings (SSSR count). The van der Waals surface area contributed by atoms with Crippen LogP contribution < -0.4 is 16.6 Å². The molecule has 102 valence electrons. The lowest BCUT2D eigenvalue weighted by Gasteiger charge is -2.13. The molecule has 1 aromatic carbocycles. The molecule has 0 radical (unpaired) electrons. The second kappa shape index (κ2) is 5.30. The smallest absolute Gasteiger partial charge is 0.253 e. The Morgan fingerprint density at radius 2 is 1.90 bits per heavy atom. The lowest BCUT2D eigenvalue weighted by atomic mass is 10.1. The van der Waals surface area contributed by atoms with Crippen LogP contribution in [0.3, 0.4) is 0 Å². The van der Waals surface area contributed by atoms with Gasteiger partial charge in [0.25, 0.3) is 5.91 Å². The number of benzene rings is 1. The average molecular weight is 268 g/mol. The van der Waals surface area contributed by atoms with E-state index < -0.39 is 0 Å². The minimum absolute atomic E-state index is 0.127. The highest BCUT2D eigenvalue weighted by Crippen LogP contribution is 2.22. The van der Waals surface area contributed by atoms with Gasteiger partial charge < -0.3 is 10.7 Å². The summed E-state index contributed by atoms with van der Waals surface area (Å²) in [4.78, 5) is 16.2. The number of hydrogen-bond acceptors (Lipinski definition) is 4. The highest BCUT2D eigenvalue weighted by atomic mass is 16.1. The second-order valence-electron chi connectivity index (χ2n) is 4.91. The number of nitrogens with two attached hydrogens (primary N) is 1. The Bertz CT molecular complexity index is 616. The van der Waals surface area contributed by atoms with Crippen LogP contribution in [0.1, 0.15) is 21.5 Å². The summed E-state index contributed by atoms with van der Waals surface area (Å²) < 4.78 is 0. The van der Waals surface area contributed by atoms with Gasteiger partial charge in [-0.2, -0.15) is 0 Å². The fourth-order valence-electron chi connectivity index (χ4n) is 2.63. The van der Waals surface area contributed by atoms with Crippen molar-refractivity contribution in [3.63, 3.8) is 0 Å². The van der Waals surface area contributed by atoms with Crippen LogP contribution in [0.2, 0.25) is 0 Å². The molecule has 2 aromatic rings. The maximum absolute atomic E-state index is 12.3. The first-order valence-electron chi connectivity index (χ1n) is 6.56. The summed E-state index contributed by atoms with van der Waals surface area (Å²) in [6.07, 6.45) is 4.87. The van der Waals surface area contributed by atoms with Crippen molar-refractivity contribution in [1.29, 1.82) is 0 Å². The van der Waals surface area contributed by atoms with Gasteiger partial charge in [-0.3, -0.25) is 15.6 Å². The molecule has 5 heteroatoms. The van der Waals surface area contributed by atoms with Gasteiger partial charge >= 0.3 is 0 Å². The molecule has 1 aliphatic rings. The van der Waals surface area contributed by atoms with Gasteiger partial charge in [-0.1, -0.05) is 24.3 Å². The number of hydrazine groups is 1. The van der Waals surface area contributed by atoms with Crippen molar-refractivity contribution in [2.45, 2.75) is 18.9 Å². The van der Waals surface area contributed by atoms with Gasteiger partial charge in [0.15, 0.2) is 0 Å². The molecule has 0 spiro atoms. The van der Waals surface area contributed by atoms with Gasteiger partial charge in [0.05, 0.1) is 17.4 Å². The number of amides is 1. The molecule has 0 atom stereocenters. The Labute approximate surface area is 117 Å². The maximum atomic E-state index is 12.3. The van der Waals surface area contributed by atoms with Gasteiger partial charge in [-0.05, 0) is 30.0 Å². The highest BCUT2D eigenvalue weighted by molar-refractivity contribution is 5.99. The maximum Gasteiger partial charge on any atom is 0.253 e. The number of carbonyl (C=O) groups excluding carboxylic acids is 1. The summed E-state index contributed by atoms with van der Waals surface area (Å²) in [6.45, 7) is 0. The number of nitrogens with zero attached hydrogens (tertiary/aromatic N) is 1. The average Bonchev–Trinajstić information content (AvgIpc) is 2.89. The van der Waals surface area contributed by atoms with Crippen molar-refractivity contribution in [2.75, 3.05) is 5.43 Å². The predicted molar refractivity (Wildman–Crippen MR) is 77.2 cm³/mol. The number of nitrogen functional groups attached to an aromatic ring is 1. The molecule has 1 aromatic heterocycles. The van der Waals surface area contributed by atoms with Crippen LogP contribution in [0.25, 0.3) is 0 Å². The first-order chi connectivity index (χ1) is 9.78. The third-order valence-electron chi connectivity index (χ3n) is 3.61. The molecule has 4 N–H and O–H groups in total. The van der Waals surface area contributed by atoms with E-state index in [0.29, 0.717) is 11.3 Å². The van der Waals surface area contributed by atoms with Crippen LogP contribution in [-0.4, -0.2) is 16.9 Å². The highest BCUT2D eigenvalue weighted by Gasteiger charge is 2.23. The van der Waals surface area contributed by atoms with Gasteiger partial charge in [0.1, 0.15) is 0 Å². The zero-order valence-corrected chi connectivity index (χ0v) is 11.0. The zero-order chi connectivity index (χ0) is 13.9. The Kier molecular flexibility index (Phi) is 3.35. The lowest BCUT2D eigenvalue weighted by Crippen LogP contribution is -2.35. The second-order valence-corrected chi connectivity index (χ2v) is 4.91.